The summed E-state index contributed by atoms with van der Waals surface area (Å²) in [5.41, 5.74) is 6.48. The van der Waals surface area contributed by atoms with Crippen LogP contribution in [0.3, 0.4) is 0 Å². The summed E-state index contributed by atoms with van der Waals surface area (Å²) in [6.45, 7) is 5.32. The highest BCUT2D eigenvalue weighted by atomic mass is 16.5. The van der Waals surface area contributed by atoms with E-state index in [0.29, 0.717) is 36.0 Å². The molecule has 7 heteroatoms. The molecule has 31 heavy (non-hydrogen) atoms. The molecule has 1 amide bonds. The summed E-state index contributed by atoms with van der Waals surface area (Å²) in [5, 5.41) is 19.3. The maximum atomic E-state index is 13.2. The van der Waals surface area contributed by atoms with E-state index in [1.54, 1.807) is 0 Å². The van der Waals surface area contributed by atoms with E-state index in [4.69, 9.17) is 4.74 Å². The Labute approximate surface area is 181 Å². The predicted octanol–water partition coefficient (Wildman–Crippen LogP) is 3.86. The van der Waals surface area contributed by atoms with Gasteiger partial charge in [-0.25, -0.2) is 0 Å². The Bertz CT molecular complexity index is 1170. The van der Waals surface area contributed by atoms with Crippen molar-refractivity contribution in [2.24, 2.45) is 0 Å². The molecule has 0 aliphatic carbocycles. The number of aromatic nitrogens is 2. The first-order valence-corrected chi connectivity index (χ1v) is 10.2. The van der Waals surface area contributed by atoms with E-state index in [9.17, 15) is 10.1 Å². The number of H-pyrrole nitrogens is 1. The molecule has 2 aromatic carbocycles. The van der Waals surface area contributed by atoms with Crippen LogP contribution in [0, 0.1) is 25.2 Å². The fourth-order valence-electron chi connectivity index (χ4n) is 4.09. The molecule has 0 saturated carbocycles. The number of rotatable bonds is 5. The zero-order valence-electron chi connectivity index (χ0n) is 18.1. The second-order valence-corrected chi connectivity index (χ2v) is 7.85. The van der Waals surface area contributed by atoms with Crippen LogP contribution in [0.25, 0.3) is 11.3 Å². The fourth-order valence-corrected chi connectivity index (χ4v) is 4.09. The first kappa shape index (κ1) is 20.5. The second-order valence-electron chi connectivity index (χ2n) is 7.85. The molecule has 1 fully saturated rings. The van der Waals surface area contributed by atoms with Gasteiger partial charge in [0.1, 0.15) is 11.8 Å². The lowest BCUT2D eigenvalue weighted by atomic mass is 9.89. The molecule has 0 unspecified atom stereocenters. The van der Waals surface area contributed by atoms with Crippen molar-refractivity contribution >= 4 is 11.6 Å². The van der Waals surface area contributed by atoms with Crippen LogP contribution in [0.1, 0.15) is 38.7 Å². The monoisotopic (exact) mass is 415 g/mol. The van der Waals surface area contributed by atoms with Crippen molar-refractivity contribution in [2.75, 3.05) is 32.6 Å². The van der Waals surface area contributed by atoms with Gasteiger partial charge in [-0.1, -0.05) is 18.2 Å². The third-order valence-electron chi connectivity index (χ3n) is 5.94. The number of nitrogens with zero attached hydrogens (tertiary/aromatic N) is 3. The maximum Gasteiger partial charge on any atom is 0.254 e. The molecule has 0 bridgehead atoms. The van der Waals surface area contributed by atoms with Gasteiger partial charge < -0.3 is 15.0 Å². The van der Waals surface area contributed by atoms with Crippen molar-refractivity contribution in [3.8, 4) is 23.1 Å². The lowest BCUT2D eigenvalue weighted by molar-refractivity contribution is 0.0601. The standard InChI is InChI=1S/C24H25N5O2/c1-14-9-15(2)20(10-19(14)22-23(31-4)21(11-25)27-28-22)24(30)29-12-17(13-29)16-5-7-18(26-3)8-6-16/h5-10,17,26H,12-13H2,1-4H3,(H,27,28). The number of ether oxygens (including phenoxy) is 1. The van der Waals surface area contributed by atoms with Crippen molar-refractivity contribution in [2.45, 2.75) is 19.8 Å². The minimum Gasteiger partial charge on any atom is -0.491 e. The van der Waals surface area contributed by atoms with Crippen molar-refractivity contribution in [1.82, 2.24) is 15.1 Å². The largest absolute Gasteiger partial charge is 0.491 e. The van der Waals surface area contributed by atoms with Crippen LogP contribution >= 0.6 is 0 Å². The number of carbonyl (C=O) groups excluding carboxylic acids is 1. The Kier molecular flexibility index (Phi) is 5.38. The molecule has 158 valence electrons. The van der Waals surface area contributed by atoms with Gasteiger partial charge in [-0.05, 0) is 48.7 Å². The minimum absolute atomic E-state index is 0.0147. The molecular weight excluding hydrogens is 390 g/mol. The zero-order chi connectivity index (χ0) is 22.1. The Balaban J connectivity index is 1.57. The van der Waals surface area contributed by atoms with E-state index in [1.807, 2.05) is 44.0 Å². The number of benzene rings is 2. The number of nitrogens with one attached hydrogen (secondary N) is 2. The summed E-state index contributed by atoms with van der Waals surface area (Å²) >= 11 is 0. The van der Waals surface area contributed by atoms with Crippen molar-refractivity contribution in [3.63, 3.8) is 0 Å². The van der Waals surface area contributed by atoms with Gasteiger partial charge in [-0.15, -0.1) is 0 Å². The van der Waals surface area contributed by atoms with E-state index in [2.05, 4.69) is 39.8 Å². The molecule has 3 aromatic rings. The fraction of sp³-hybridized carbons (Fsp3) is 0.292. The van der Waals surface area contributed by atoms with Gasteiger partial charge in [0.05, 0.1) is 7.11 Å². The highest BCUT2D eigenvalue weighted by molar-refractivity contribution is 5.98. The highest BCUT2D eigenvalue weighted by Crippen LogP contribution is 2.35. The first-order valence-electron chi connectivity index (χ1n) is 10.2. The summed E-state index contributed by atoms with van der Waals surface area (Å²) < 4.78 is 5.39. The maximum absolute atomic E-state index is 13.2. The van der Waals surface area contributed by atoms with Crippen LogP contribution in [-0.2, 0) is 0 Å². The number of aromatic amines is 1. The van der Waals surface area contributed by atoms with Gasteiger partial charge in [-0.2, -0.15) is 10.4 Å². The third-order valence-corrected chi connectivity index (χ3v) is 5.94. The van der Waals surface area contributed by atoms with Gasteiger partial charge in [0, 0.05) is 42.9 Å². The van der Waals surface area contributed by atoms with Gasteiger partial charge in [0.2, 0.25) is 5.69 Å². The van der Waals surface area contributed by atoms with Gasteiger partial charge >= 0.3 is 0 Å². The summed E-state index contributed by atoms with van der Waals surface area (Å²) in [6.07, 6.45) is 0. The molecule has 1 aromatic heterocycles. The summed E-state index contributed by atoms with van der Waals surface area (Å²) in [5.74, 6) is 0.758. The Hall–Kier alpha value is -3.79. The van der Waals surface area contributed by atoms with Crippen LogP contribution < -0.4 is 10.1 Å². The van der Waals surface area contributed by atoms with E-state index in [1.165, 1.54) is 12.7 Å². The van der Waals surface area contributed by atoms with Crippen molar-refractivity contribution in [1.29, 1.82) is 5.26 Å². The van der Waals surface area contributed by atoms with Crippen LogP contribution in [0.2, 0.25) is 0 Å². The molecule has 2 heterocycles. The van der Waals surface area contributed by atoms with Crippen LogP contribution in [0.4, 0.5) is 5.69 Å². The SMILES string of the molecule is CNc1ccc(C2CN(C(=O)c3cc(-c4[nH]nc(C#N)c4OC)c(C)cc3C)C2)cc1. The predicted molar refractivity (Wildman–Crippen MR) is 119 cm³/mol. The number of hydrogen-bond acceptors (Lipinski definition) is 5. The summed E-state index contributed by atoms with van der Waals surface area (Å²) in [4.78, 5) is 15.1. The average Bonchev–Trinajstić information content (AvgIpc) is 3.16. The lowest BCUT2D eigenvalue weighted by Crippen LogP contribution is -2.48. The zero-order valence-corrected chi connectivity index (χ0v) is 18.1. The highest BCUT2D eigenvalue weighted by Gasteiger charge is 2.33. The molecule has 0 radical (unpaired) electrons. The number of nitriles is 1. The van der Waals surface area contributed by atoms with Crippen molar-refractivity contribution in [3.05, 3.63) is 64.3 Å². The minimum atomic E-state index is 0.0147. The van der Waals surface area contributed by atoms with Gasteiger partial charge in [0.25, 0.3) is 5.91 Å². The van der Waals surface area contributed by atoms with E-state index in [0.717, 1.165) is 22.4 Å². The van der Waals surface area contributed by atoms with Crippen LogP contribution in [0.5, 0.6) is 5.75 Å². The number of carbonyl (C=O) groups is 1. The van der Waals surface area contributed by atoms with Crippen molar-refractivity contribution < 1.29 is 9.53 Å². The van der Waals surface area contributed by atoms with Crippen LogP contribution in [-0.4, -0.2) is 48.3 Å². The number of hydrogen-bond donors (Lipinski definition) is 2. The number of likely N-dealkylation sites (tertiary alicyclic amines) is 1. The molecule has 1 aliphatic rings. The number of aryl methyl sites for hydroxylation is 2. The van der Waals surface area contributed by atoms with Gasteiger partial charge in [0.15, 0.2) is 5.75 Å². The number of anilines is 1. The van der Waals surface area contributed by atoms with E-state index in [-0.39, 0.29) is 11.6 Å². The molecule has 0 spiro atoms. The smallest absolute Gasteiger partial charge is 0.254 e. The average molecular weight is 415 g/mol. The molecule has 0 atom stereocenters. The summed E-state index contributed by atoms with van der Waals surface area (Å²) in [7, 11) is 3.41. The summed E-state index contributed by atoms with van der Waals surface area (Å²) in [6, 6.07) is 14.2. The molecular formula is C24H25N5O2. The number of methoxy groups -OCH3 is 1. The van der Waals surface area contributed by atoms with Gasteiger partial charge in [-0.3, -0.25) is 9.89 Å². The second kappa shape index (κ2) is 8.15. The van der Waals surface area contributed by atoms with E-state index >= 15 is 0 Å². The van der Waals surface area contributed by atoms with E-state index < -0.39 is 0 Å². The first-order chi connectivity index (χ1) is 15.0. The molecule has 2 N–H and O–H groups in total. The third kappa shape index (κ3) is 3.61. The topological polar surface area (TPSA) is 94.0 Å². The molecule has 7 nitrogen and oxygen atoms in total. The lowest BCUT2D eigenvalue weighted by Gasteiger charge is -2.40. The normalized spacial score (nSPS) is 13.5. The number of amides is 1. The quantitative estimate of drug-likeness (QED) is 0.660. The Morgan fingerprint density at radius 2 is 1.94 bits per heavy atom. The molecule has 1 aliphatic heterocycles. The van der Waals surface area contributed by atoms with Crippen LogP contribution in [0.15, 0.2) is 36.4 Å². The Morgan fingerprint density at radius 1 is 1.23 bits per heavy atom. The molecule has 4 rings (SSSR count). The Morgan fingerprint density at radius 3 is 2.55 bits per heavy atom. The molecule has 1 saturated heterocycles.